The molecule has 0 fully saturated rings. The Morgan fingerprint density at radius 2 is 1.89 bits per heavy atom. The third-order valence-corrected chi connectivity index (χ3v) is 3.15. The fraction of sp³-hybridized carbons (Fsp3) is 0.462. The third-order valence-electron chi connectivity index (χ3n) is 3.15. The molecule has 0 spiro atoms. The average molecular weight is 255 g/mol. The largest absolute Gasteiger partial charge is 0.508 e. The van der Waals surface area contributed by atoms with E-state index in [0.29, 0.717) is 26.3 Å². The molecular weight excluding hydrogens is 240 g/mol. The van der Waals surface area contributed by atoms with Crippen molar-refractivity contribution in [2.75, 3.05) is 13.1 Å². The molecular formula is C13H15F2NO2. The predicted octanol–water partition coefficient (Wildman–Crippen LogP) is 1.97. The summed E-state index contributed by atoms with van der Waals surface area (Å²) in [5, 5.41) is 9.38. The van der Waals surface area contributed by atoms with E-state index in [-0.39, 0.29) is 12.3 Å². The molecule has 0 aromatic heterocycles. The smallest absolute Gasteiger partial charge is 0.322 e. The van der Waals surface area contributed by atoms with E-state index in [2.05, 4.69) is 0 Å². The van der Waals surface area contributed by atoms with Crippen molar-refractivity contribution in [2.45, 2.75) is 25.7 Å². The summed E-state index contributed by atoms with van der Waals surface area (Å²) in [4.78, 5) is 12.7. The summed E-state index contributed by atoms with van der Waals surface area (Å²) in [6.45, 7) is 1.18. The maximum Gasteiger partial charge on any atom is 0.322 e. The van der Waals surface area contributed by atoms with Gasteiger partial charge in [0.25, 0.3) is 5.91 Å². The molecule has 0 saturated heterocycles. The molecule has 0 radical (unpaired) electrons. The van der Waals surface area contributed by atoms with E-state index < -0.39 is 11.8 Å². The third kappa shape index (κ3) is 2.60. The Labute approximate surface area is 104 Å². The number of aromatic hydroxyl groups is 1. The number of rotatable bonds is 1. The zero-order valence-electron chi connectivity index (χ0n) is 10.1. The van der Waals surface area contributed by atoms with Crippen LogP contribution in [0.3, 0.4) is 0 Å². The van der Waals surface area contributed by atoms with Crippen molar-refractivity contribution in [1.82, 2.24) is 4.90 Å². The van der Waals surface area contributed by atoms with Gasteiger partial charge < -0.3 is 10.0 Å². The van der Waals surface area contributed by atoms with Crippen LogP contribution in [-0.2, 0) is 17.6 Å². The van der Waals surface area contributed by atoms with Crippen molar-refractivity contribution in [2.24, 2.45) is 0 Å². The van der Waals surface area contributed by atoms with Gasteiger partial charge in [-0.2, -0.15) is 8.78 Å². The molecule has 1 N–H and O–H groups in total. The van der Waals surface area contributed by atoms with Gasteiger partial charge >= 0.3 is 5.92 Å². The summed E-state index contributed by atoms with van der Waals surface area (Å²) in [6, 6.07) is 4.99. The Hall–Kier alpha value is -1.65. The number of phenolic OH excluding ortho intramolecular Hbond substituents is 1. The molecule has 0 aliphatic carbocycles. The second-order valence-electron chi connectivity index (χ2n) is 4.63. The first-order valence-electron chi connectivity index (χ1n) is 5.86. The van der Waals surface area contributed by atoms with Crippen LogP contribution in [-0.4, -0.2) is 34.9 Å². The van der Waals surface area contributed by atoms with Gasteiger partial charge in [0.2, 0.25) is 0 Å². The Morgan fingerprint density at radius 1 is 1.28 bits per heavy atom. The minimum absolute atomic E-state index is 0.161. The molecule has 0 bridgehead atoms. The zero-order valence-corrected chi connectivity index (χ0v) is 10.1. The van der Waals surface area contributed by atoms with Crippen LogP contribution in [0, 0.1) is 0 Å². The number of phenols is 1. The molecule has 0 unspecified atom stereocenters. The van der Waals surface area contributed by atoms with Gasteiger partial charge in [0.05, 0.1) is 0 Å². The zero-order chi connectivity index (χ0) is 13.3. The quantitative estimate of drug-likeness (QED) is 0.833. The molecule has 1 aliphatic rings. The molecule has 1 amide bonds. The lowest BCUT2D eigenvalue weighted by molar-refractivity contribution is -0.154. The van der Waals surface area contributed by atoms with E-state index in [1.54, 1.807) is 18.2 Å². The minimum Gasteiger partial charge on any atom is -0.508 e. The molecule has 98 valence electrons. The van der Waals surface area contributed by atoms with Crippen LogP contribution in [0.15, 0.2) is 18.2 Å². The van der Waals surface area contributed by atoms with E-state index in [9.17, 15) is 18.7 Å². The number of carbonyl (C=O) groups is 1. The summed E-state index contributed by atoms with van der Waals surface area (Å²) in [7, 11) is 0. The van der Waals surface area contributed by atoms with Gasteiger partial charge in [0.1, 0.15) is 5.75 Å². The number of nitrogens with zero attached hydrogens (tertiary/aromatic N) is 1. The highest BCUT2D eigenvalue weighted by atomic mass is 19.3. The summed E-state index contributed by atoms with van der Waals surface area (Å²) >= 11 is 0. The summed E-state index contributed by atoms with van der Waals surface area (Å²) in [5.41, 5.74) is 1.92. The van der Waals surface area contributed by atoms with E-state index in [0.717, 1.165) is 11.1 Å². The average Bonchev–Trinajstić information content (AvgIpc) is 2.48. The van der Waals surface area contributed by atoms with Crippen LogP contribution in [0.2, 0.25) is 0 Å². The molecule has 18 heavy (non-hydrogen) atoms. The van der Waals surface area contributed by atoms with Crippen molar-refractivity contribution < 1.29 is 18.7 Å². The molecule has 1 aromatic carbocycles. The summed E-state index contributed by atoms with van der Waals surface area (Å²) < 4.78 is 26.0. The number of halogens is 2. The summed E-state index contributed by atoms with van der Waals surface area (Å²) in [6.07, 6.45) is 1.03. The van der Waals surface area contributed by atoms with Crippen molar-refractivity contribution in [3.63, 3.8) is 0 Å². The molecule has 1 heterocycles. The molecule has 1 aliphatic heterocycles. The van der Waals surface area contributed by atoms with Crippen LogP contribution in [0.25, 0.3) is 0 Å². The highest BCUT2D eigenvalue weighted by Gasteiger charge is 2.36. The van der Waals surface area contributed by atoms with Crippen LogP contribution in [0.5, 0.6) is 5.75 Å². The standard InChI is InChI=1S/C13H15F2NO2/c1-13(14,15)12(18)16-6-4-9-2-3-11(17)8-10(9)5-7-16/h2-3,8,17H,4-7H2,1H3. The van der Waals surface area contributed by atoms with Crippen LogP contribution < -0.4 is 0 Å². The van der Waals surface area contributed by atoms with E-state index >= 15 is 0 Å². The fourth-order valence-corrected chi connectivity index (χ4v) is 2.19. The number of hydrogen-bond donors (Lipinski definition) is 1. The number of benzene rings is 1. The van der Waals surface area contributed by atoms with Crippen molar-refractivity contribution in [3.05, 3.63) is 29.3 Å². The molecule has 0 atom stereocenters. The lowest BCUT2D eigenvalue weighted by Crippen LogP contribution is -2.43. The highest BCUT2D eigenvalue weighted by molar-refractivity contribution is 5.83. The normalized spacial score (nSPS) is 16.1. The number of alkyl halides is 2. The monoisotopic (exact) mass is 255 g/mol. The Balaban J connectivity index is 2.15. The predicted molar refractivity (Wildman–Crippen MR) is 62.7 cm³/mol. The van der Waals surface area contributed by atoms with Gasteiger partial charge in [-0.3, -0.25) is 4.79 Å². The molecule has 5 heteroatoms. The lowest BCUT2D eigenvalue weighted by Gasteiger charge is -2.23. The first-order chi connectivity index (χ1) is 8.38. The van der Waals surface area contributed by atoms with Crippen molar-refractivity contribution >= 4 is 5.91 Å². The number of fused-ring (bicyclic) bond motifs is 1. The second kappa shape index (κ2) is 4.55. The van der Waals surface area contributed by atoms with E-state index in [1.165, 1.54) is 4.90 Å². The molecule has 1 aromatic rings. The van der Waals surface area contributed by atoms with Crippen LogP contribution in [0.4, 0.5) is 8.78 Å². The van der Waals surface area contributed by atoms with Gasteiger partial charge in [-0.1, -0.05) is 6.07 Å². The maximum absolute atomic E-state index is 13.0. The second-order valence-corrected chi connectivity index (χ2v) is 4.63. The number of hydrogen-bond acceptors (Lipinski definition) is 2. The molecule has 2 rings (SSSR count). The number of amides is 1. The fourth-order valence-electron chi connectivity index (χ4n) is 2.19. The van der Waals surface area contributed by atoms with E-state index in [1.807, 2.05) is 0 Å². The van der Waals surface area contributed by atoms with Gasteiger partial charge in [0.15, 0.2) is 0 Å². The first-order valence-corrected chi connectivity index (χ1v) is 5.86. The molecule has 3 nitrogen and oxygen atoms in total. The lowest BCUT2D eigenvalue weighted by atomic mass is 10.0. The van der Waals surface area contributed by atoms with Crippen LogP contribution >= 0.6 is 0 Å². The highest BCUT2D eigenvalue weighted by Crippen LogP contribution is 2.23. The Bertz CT molecular complexity index is 469. The minimum atomic E-state index is -3.32. The topological polar surface area (TPSA) is 40.5 Å². The first kappa shape index (κ1) is 12.8. The van der Waals surface area contributed by atoms with Crippen molar-refractivity contribution in [1.29, 1.82) is 0 Å². The van der Waals surface area contributed by atoms with Gasteiger partial charge in [-0.25, -0.2) is 0 Å². The van der Waals surface area contributed by atoms with E-state index in [4.69, 9.17) is 0 Å². The maximum atomic E-state index is 13.0. The Morgan fingerprint density at radius 3 is 2.50 bits per heavy atom. The van der Waals surface area contributed by atoms with Gasteiger partial charge in [-0.15, -0.1) is 0 Å². The van der Waals surface area contributed by atoms with Crippen molar-refractivity contribution in [3.8, 4) is 5.75 Å². The number of carbonyl (C=O) groups excluding carboxylic acids is 1. The van der Waals surface area contributed by atoms with Crippen LogP contribution in [0.1, 0.15) is 18.1 Å². The molecule has 0 saturated carbocycles. The van der Waals surface area contributed by atoms with Gasteiger partial charge in [-0.05, 0) is 36.1 Å². The SMILES string of the molecule is CC(F)(F)C(=O)N1CCc2ccc(O)cc2CC1. The Kier molecular flexibility index (Phi) is 3.24. The van der Waals surface area contributed by atoms with Gasteiger partial charge in [0, 0.05) is 20.0 Å². The summed E-state index contributed by atoms with van der Waals surface area (Å²) in [5.74, 6) is -4.28.